The number of ether oxygens (including phenoxy) is 1. The number of aromatic nitrogens is 4. The number of halogens is 1. The fourth-order valence-electron chi connectivity index (χ4n) is 2.54. The number of benzene rings is 2. The van der Waals surface area contributed by atoms with Crippen molar-refractivity contribution in [3.8, 4) is 17.1 Å². The lowest BCUT2D eigenvalue weighted by molar-refractivity contribution is -0.116. The van der Waals surface area contributed by atoms with Gasteiger partial charge in [0.2, 0.25) is 5.82 Å². The average molecular weight is 445 g/mol. The van der Waals surface area contributed by atoms with Crippen LogP contribution >= 0.6 is 15.9 Å². The van der Waals surface area contributed by atoms with Gasteiger partial charge in [-0.3, -0.25) is 0 Å². The van der Waals surface area contributed by atoms with E-state index in [1.807, 2.05) is 48.5 Å². The molecule has 0 bridgehead atoms. The molecule has 3 rings (SSSR count). The summed E-state index contributed by atoms with van der Waals surface area (Å²) in [6.07, 6.45) is 0.479. The van der Waals surface area contributed by atoms with Crippen LogP contribution < -0.4 is 4.74 Å². The third-order valence-corrected chi connectivity index (χ3v) is 4.59. The molecule has 0 amide bonds. The van der Waals surface area contributed by atoms with Gasteiger partial charge in [0.15, 0.2) is 0 Å². The monoisotopic (exact) mass is 444 g/mol. The summed E-state index contributed by atoms with van der Waals surface area (Å²) in [6.45, 7) is 1.88. The van der Waals surface area contributed by atoms with Gasteiger partial charge in [0.25, 0.3) is 0 Å². The van der Waals surface area contributed by atoms with Crippen LogP contribution in [0, 0.1) is 0 Å². The molecule has 0 aliphatic heterocycles. The molecule has 1 unspecified atom stereocenters. The first-order chi connectivity index (χ1) is 13.5. The van der Waals surface area contributed by atoms with Crippen molar-refractivity contribution in [1.29, 1.82) is 0 Å². The Hall–Kier alpha value is -2.58. The van der Waals surface area contributed by atoms with E-state index in [4.69, 9.17) is 4.74 Å². The summed E-state index contributed by atoms with van der Waals surface area (Å²) < 4.78 is 6.59. The predicted octanol–water partition coefficient (Wildman–Crippen LogP) is 3.06. The van der Waals surface area contributed by atoms with Crippen molar-refractivity contribution in [1.82, 2.24) is 20.2 Å². The van der Waals surface area contributed by atoms with Crippen LogP contribution in [0.5, 0.6) is 5.75 Å². The molecule has 0 aliphatic rings. The van der Waals surface area contributed by atoms with Crippen LogP contribution in [0.15, 0.2) is 53.0 Å². The van der Waals surface area contributed by atoms with Crippen LogP contribution in [0.25, 0.3) is 11.4 Å². The Morgan fingerprint density at radius 1 is 1.18 bits per heavy atom. The Morgan fingerprint density at radius 3 is 2.57 bits per heavy atom. The molecule has 0 aliphatic carbocycles. The Bertz CT molecular complexity index is 910. The van der Waals surface area contributed by atoms with Crippen molar-refractivity contribution in [2.45, 2.75) is 32.4 Å². The van der Waals surface area contributed by atoms with Crippen LogP contribution in [0.2, 0.25) is 0 Å². The number of aliphatic hydroxyl groups excluding tert-OH is 1. The molecule has 2 aromatic carbocycles. The van der Waals surface area contributed by atoms with Gasteiger partial charge in [-0.2, -0.15) is 4.80 Å². The predicted molar refractivity (Wildman–Crippen MR) is 108 cm³/mol. The minimum atomic E-state index is -0.774. The first-order valence-electron chi connectivity index (χ1n) is 8.92. The number of aryl methyl sites for hydroxylation is 1. The van der Waals surface area contributed by atoms with Gasteiger partial charge in [0.1, 0.15) is 24.2 Å². The second-order valence-electron chi connectivity index (χ2n) is 6.49. The molecular weight excluding hydrogens is 424 g/mol. The third kappa shape index (κ3) is 5.97. The van der Waals surface area contributed by atoms with Crippen molar-refractivity contribution in [2.24, 2.45) is 0 Å². The molecular formula is C20H21BrN4O3. The fraction of sp³-hybridized carbons (Fsp3) is 0.300. The van der Waals surface area contributed by atoms with Gasteiger partial charge in [-0.15, -0.1) is 10.2 Å². The summed E-state index contributed by atoms with van der Waals surface area (Å²) in [5, 5.41) is 22.5. The summed E-state index contributed by atoms with van der Waals surface area (Å²) >= 11 is 3.39. The van der Waals surface area contributed by atoms with Crippen LogP contribution in [-0.4, -0.2) is 43.8 Å². The zero-order chi connectivity index (χ0) is 19.9. The van der Waals surface area contributed by atoms with Gasteiger partial charge in [0.05, 0.1) is 6.54 Å². The molecule has 8 heteroatoms. The minimum absolute atomic E-state index is 0.113. The molecule has 1 heterocycles. The molecule has 0 fully saturated rings. The summed E-state index contributed by atoms with van der Waals surface area (Å²) in [5.74, 6) is 1.34. The van der Waals surface area contributed by atoms with Gasteiger partial charge in [-0.25, -0.2) is 0 Å². The second-order valence-corrected chi connectivity index (χ2v) is 7.40. The second kappa shape index (κ2) is 9.57. The van der Waals surface area contributed by atoms with E-state index >= 15 is 0 Å². The standard InChI is InChI=1S/C20H21BrN4O3/c1-14(26)2-3-15-4-10-19(11-5-15)28-13-18(27)12-25-23-20(22-24-25)16-6-8-17(21)9-7-16/h4-11,18,27H,2-3,12-13H2,1H3. The van der Waals surface area contributed by atoms with Crippen LogP contribution in [-0.2, 0) is 17.8 Å². The van der Waals surface area contributed by atoms with E-state index in [9.17, 15) is 9.90 Å². The van der Waals surface area contributed by atoms with Crippen molar-refractivity contribution in [3.05, 3.63) is 58.6 Å². The van der Waals surface area contributed by atoms with Gasteiger partial charge in [0, 0.05) is 16.5 Å². The lowest BCUT2D eigenvalue weighted by Gasteiger charge is -2.11. The van der Waals surface area contributed by atoms with Crippen LogP contribution in [0.1, 0.15) is 18.9 Å². The lowest BCUT2D eigenvalue weighted by atomic mass is 10.1. The molecule has 1 atom stereocenters. The number of hydrogen-bond acceptors (Lipinski definition) is 6. The maximum atomic E-state index is 11.0. The average Bonchev–Trinajstić information content (AvgIpc) is 3.14. The van der Waals surface area contributed by atoms with Crippen LogP contribution in [0.4, 0.5) is 0 Å². The van der Waals surface area contributed by atoms with Crippen molar-refractivity contribution >= 4 is 21.7 Å². The van der Waals surface area contributed by atoms with Gasteiger partial charge in [-0.05, 0) is 60.5 Å². The number of aliphatic hydroxyl groups is 1. The highest BCUT2D eigenvalue weighted by Gasteiger charge is 2.11. The summed E-state index contributed by atoms with van der Waals surface area (Å²) in [5.41, 5.74) is 1.93. The maximum absolute atomic E-state index is 11.0. The molecule has 0 spiro atoms. The summed E-state index contributed by atoms with van der Waals surface area (Å²) in [7, 11) is 0. The van der Waals surface area contributed by atoms with E-state index in [1.165, 1.54) is 4.80 Å². The molecule has 1 aromatic heterocycles. The normalized spacial score (nSPS) is 12.0. The van der Waals surface area contributed by atoms with E-state index in [2.05, 4.69) is 31.3 Å². The molecule has 3 aromatic rings. The highest BCUT2D eigenvalue weighted by Crippen LogP contribution is 2.17. The highest BCUT2D eigenvalue weighted by atomic mass is 79.9. The molecule has 146 valence electrons. The van der Waals surface area contributed by atoms with Gasteiger partial charge < -0.3 is 14.6 Å². The number of nitrogens with zero attached hydrogens (tertiary/aromatic N) is 4. The van der Waals surface area contributed by atoms with E-state index in [0.717, 1.165) is 22.0 Å². The number of rotatable bonds is 9. The number of hydrogen-bond donors (Lipinski definition) is 1. The number of carbonyl (C=O) groups is 1. The quantitative estimate of drug-likeness (QED) is 0.545. The number of tetrazole rings is 1. The number of carbonyl (C=O) groups excluding carboxylic acids is 1. The first-order valence-corrected chi connectivity index (χ1v) is 9.72. The first kappa shape index (κ1) is 20.2. The maximum Gasteiger partial charge on any atom is 0.204 e. The van der Waals surface area contributed by atoms with E-state index in [1.54, 1.807) is 6.92 Å². The molecule has 7 nitrogen and oxygen atoms in total. The van der Waals surface area contributed by atoms with E-state index in [-0.39, 0.29) is 18.9 Å². The van der Waals surface area contributed by atoms with Crippen LogP contribution in [0.3, 0.4) is 0 Å². The zero-order valence-electron chi connectivity index (χ0n) is 15.5. The number of Topliss-reactive ketones (excluding diaryl/α,β-unsaturated/α-hetero) is 1. The largest absolute Gasteiger partial charge is 0.491 e. The Labute approximate surface area is 171 Å². The van der Waals surface area contributed by atoms with E-state index in [0.29, 0.717) is 18.0 Å². The van der Waals surface area contributed by atoms with Crippen molar-refractivity contribution < 1.29 is 14.6 Å². The Morgan fingerprint density at radius 2 is 1.89 bits per heavy atom. The smallest absolute Gasteiger partial charge is 0.204 e. The molecule has 28 heavy (non-hydrogen) atoms. The molecule has 0 saturated carbocycles. The molecule has 0 saturated heterocycles. The fourth-order valence-corrected chi connectivity index (χ4v) is 2.81. The van der Waals surface area contributed by atoms with Gasteiger partial charge >= 0.3 is 0 Å². The zero-order valence-corrected chi connectivity index (χ0v) is 17.0. The summed E-state index contributed by atoms with van der Waals surface area (Å²) in [6, 6.07) is 15.1. The van der Waals surface area contributed by atoms with E-state index < -0.39 is 6.10 Å². The molecule has 1 N–H and O–H groups in total. The lowest BCUT2D eigenvalue weighted by Crippen LogP contribution is -2.25. The van der Waals surface area contributed by atoms with Crippen molar-refractivity contribution in [2.75, 3.05) is 6.61 Å². The Kier molecular flexibility index (Phi) is 6.89. The minimum Gasteiger partial charge on any atom is -0.491 e. The third-order valence-electron chi connectivity index (χ3n) is 4.06. The summed E-state index contributed by atoms with van der Waals surface area (Å²) in [4.78, 5) is 12.4. The SMILES string of the molecule is CC(=O)CCc1ccc(OCC(O)Cn2nnc(-c3ccc(Br)cc3)n2)cc1. The van der Waals surface area contributed by atoms with Crippen molar-refractivity contribution in [3.63, 3.8) is 0 Å². The highest BCUT2D eigenvalue weighted by molar-refractivity contribution is 9.10. The van der Waals surface area contributed by atoms with Gasteiger partial charge in [-0.1, -0.05) is 28.1 Å². The Balaban J connectivity index is 1.48. The molecule has 0 radical (unpaired) electrons. The topological polar surface area (TPSA) is 90.1 Å². The number of ketones is 1.